The molecule has 1 amide bonds. The highest BCUT2D eigenvalue weighted by atomic mass is 16.5. The Balaban J connectivity index is 1.82. The minimum Gasteiger partial charge on any atom is -0.461 e. The first-order chi connectivity index (χ1) is 8.18. The van der Waals surface area contributed by atoms with Gasteiger partial charge in [-0.3, -0.25) is 9.59 Å². The topological polar surface area (TPSA) is 68.5 Å². The van der Waals surface area contributed by atoms with E-state index in [0.717, 1.165) is 6.42 Å². The molecule has 0 unspecified atom stereocenters. The Morgan fingerprint density at radius 2 is 2.35 bits per heavy atom. The van der Waals surface area contributed by atoms with Crippen LogP contribution < -0.4 is 5.32 Å². The molecule has 0 radical (unpaired) electrons. The standard InChI is InChI=1S/C12H15NO4/c1-8-4-6-17-11(8)12(15)13-7-9(14)10-3-2-5-16-10/h2-3,5,8,11H,4,6-7H2,1H3,(H,13,15)/t8-,11-/m0/s1. The van der Waals surface area contributed by atoms with Gasteiger partial charge in [0, 0.05) is 6.61 Å². The summed E-state index contributed by atoms with van der Waals surface area (Å²) in [7, 11) is 0. The zero-order valence-corrected chi connectivity index (χ0v) is 9.64. The first-order valence-electron chi connectivity index (χ1n) is 5.64. The number of nitrogens with one attached hydrogen (secondary N) is 1. The van der Waals surface area contributed by atoms with E-state index in [-0.39, 0.29) is 29.9 Å². The maximum atomic E-state index is 11.7. The average molecular weight is 237 g/mol. The van der Waals surface area contributed by atoms with E-state index in [1.807, 2.05) is 6.92 Å². The van der Waals surface area contributed by atoms with Crippen molar-refractivity contribution in [1.29, 1.82) is 0 Å². The minimum absolute atomic E-state index is 0.0566. The molecule has 1 aliphatic heterocycles. The van der Waals surface area contributed by atoms with Crippen LogP contribution in [0.2, 0.25) is 0 Å². The molecule has 1 N–H and O–H groups in total. The van der Waals surface area contributed by atoms with Gasteiger partial charge in [0.2, 0.25) is 11.7 Å². The van der Waals surface area contributed by atoms with Gasteiger partial charge in [0.25, 0.3) is 0 Å². The monoisotopic (exact) mass is 237 g/mol. The third kappa shape index (κ3) is 2.74. The van der Waals surface area contributed by atoms with Crippen molar-refractivity contribution in [1.82, 2.24) is 5.32 Å². The summed E-state index contributed by atoms with van der Waals surface area (Å²) < 4.78 is 10.2. The molecule has 1 aromatic heterocycles. The Morgan fingerprint density at radius 1 is 1.53 bits per heavy atom. The average Bonchev–Trinajstić information content (AvgIpc) is 2.95. The number of Topliss-reactive ketones (excluding diaryl/α,β-unsaturated/α-hetero) is 1. The first-order valence-corrected chi connectivity index (χ1v) is 5.64. The number of ether oxygens (including phenoxy) is 1. The summed E-state index contributed by atoms with van der Waals surface area (Å²) >= 11 is 0. The van der Waals surface area contributed by atoms with Crippen molar-refractivity contribution < 1.29 is 18.7 Å². The smallest absolute Gasteiger partial charge is 0.249 e. The highest BCUT2D eigenvalue weighted by Gasteiger charge is 2.30. The summed E-state index contributed by atoms with van der Waals surface area (Å²) in [5, 5.41) is 2.57. The third-order valence-corrected chi connectivity index (χ3v) is 2.87. The van der Waals surface area contributed by atoms with Crippen LogP contribution in [0.4, 0.5) is 0 Å². The molecule has 1 fully saturated rings. The van der Waals surface area contributed by atoms with Gasteiger partial charge in [-0.05, 0) is 24.5 Å². The number of furan rings is 1. The van der Waals surface area contributed by atoms with Crippen molar-refractivity contribution in [3.05, 3.63) is 24.2 Å². The van der Waals surface area contributed by atoms with Crippen LogP contribution in [0, 0.1) is 5.92 Å². The van der Waals surface area contributed by atoms with Gasteiger partial charge in [-0.2, -0.15) is 0 Å². The summed E-state index contributed by atoms with van der Waals surface area (Å²) in [5.41, 5.74) is 0. The molecular formula is C12H15NO4. The maximum Gasteiger partial charge on any atom is 0.249 e. The molecule has 0 aliphatic carbocycles. The number of ketones is 1. The van der Waals surface area contributed by atoms with Gasteiger partial charge in [-0.15, -0.1) is 0 Å². The van der Waals surface area contributed by atoms with Crippen molar-refractivity contribution in [3.63, 3.8) is 0 Å². The summed E-state index contributed by atoms with van der Waals surface area (Å²) in [5.74, 6) is -0.0108. The third-order valence-electron chi connectivity index (χ3n) is 2.87. The molecule has 5 heteroatoms. The van der Waals surface area contributed by atoms with Crippen molar-refractivity contribution in [3.8, 4) is 0 Å². The second-order valence-corrected chi connectivity index (χ2v) is 4.18. The Bertz CT molecular complexity index is 399. The predicted molar refractivity (Wildman–Crippen MR) is 59.6 cm³/mol. The van der Waals surface area contributed by atoms with E-state index < -0.39 is 6.10 Å². The van der Waals surface area contributed by atoms with Crippen LogP contribution in [-0.4, -0.2) is 30.9 Å². The van der Waals surface area contributed by atoms with Crippen LogP contribution in [0.25, 0.3) is 0 Å². The predicted octanol–water partition coefficient (Wildman–Crippen LogP) is 1.00. The molecule has 2 heterocycles. The van der Waals surface area contributed by atoms with Gasteiger partial charge in [-0.1, -0.05) is 6.92 Å². The number of amides is 1. The summed E-state index contributed by atoms with van der Waals surface area (Å²) in [6.07, 6.45) is 1.88. The lowest BCUT2D eigenvalue weighted by atomic mass is 10.0. The quantitative estimate of drug-likeness (QED) is 0.793. The first kappa shape index (κ1) is 11.9. The molecule has 17 heavy (non-hydrogen) atoms. The van der Waals surface area contributed by atoms with E-state index in [1.165, 1.54) is 6.26 Å². The lowest BCUT2D eigenvalue weighted by molar-refractivity contribution is -0.131. The zero-order chi connectivity index (χ0) is 12.3. The van der Waals surface area contributed by atoms with E-state index in [0.29, 0.717) is 6.61 Å². The van der Waals surface area contributed by atoms with E-state index in [4.69, 9.17) is 9.15 Å². The number of hydrogen-bond acceptors (Lipinski definition) is 4. The number of carbonyl (C=O) groups is 2. The molecule has 1 aliphatic rings. The molecule has 0 saturated carbocycles. The van der Waals surface area contributed by atoms with E-state index >= 15 is 0 Å². The van der Waals surface area contributed by atoms with Gasteiger partial charge in [0.1, 0.15) is 6.10 Å². The van der Waals surface area contributed by atoms with Gasteiger partial charge < -0.3 is 14.5 Å². The number of hydrogen-bond donors (Lipinski definition) is 1. The fraction of sp³-hybridized carbons (Fsp3) is 0.500. The molecule has 0 aromatic carbocycles. The number of carbonyl (C=O) groups excluding carboxylic acids is 2. The van der Waals surface area contributed by atoms with Crippen LogP contribution >= 0.6 is 0 Å². The zero-order valence-electron chi connectivity index (χ0n) is 9.64. The highest BCUT2D eigenvalue weighted by molar-refractivity contribution is 5.97. The lowest BCUT2D eigenvalue weighted by Gasteiger charge is -2.13. The Morgan fingerprint density at radius 3 is 2.94 bits per heavy atom. The van der Waals surface area contributed by atoms with Gasteiger partial charge >= 0.3 is 0 Å². The SMILES string of the molecule is C[C@H]1CCO[C@@H]1C(=O)NCC(=O)c1ccco1. The largest absolute Gasteiger partial charge is 0.461 e. The molecule has 0 bridgehead atoms. The van der Waals surface area contributed by atoms with Crippen molar-refractivity contribution in [2.45, 2.75) is 19.4 Å². The second kappa shape index (κ2) is 5.14. The van der Waals surface area contributed by atoms with E-state index in [1.54, 1.807) is 12.1 Å². The van der Waals surface area contributed by atoms with Gasteiger partial charge in [0.15, 0.2) is 5.76 Å². The van der Waals surface area contributed by atoms with E-state index in [2.05, 4.69) is 5.32 Å². The summed E-state index contributed by atoms with van der Waals surface area (Å²) in [6, 6.07) is 3.21. The fourth-order valence-corrected chi connectivity index (χ4v) is 1.82. The molecule has 5 nitrogen and oxygen atoms in total. The molecule has 1 aromatic rings. The van der Waals surface area contributed by atoms with Crippen LogP contribution in [-0.2, 0) is 9.53 Å². The van der Waals surface area contributed by atoms with Gasteiger partial charge in [0.05, 0.1) is 12.8 Å². The minimum atomic E-state index is -0.431. The highest BCUT2D eigenvalue weighted by Crippen LogP contribution is 2.19. The Kier molecular flexibility index (Phi) is 3.58. The molecule has 2 rings (SSSR count). The molecule has 1 saturated heterocycles. The maximum absolute atomic E-state index is 11.7. The van der Waals surface area contributed by atoms with Crippen LogP contribution in [0.1, 0.15) is 23.9 Å². The molecule has 2 atom stereocenters. The Hall–Kier alpha value is -1.62. The molecule has 0 spiro atoms. The molecule has 92 valence electrons. The Labute approximate surface area is 99.1 Å². The summed E-state index contributed by atoms with van der Waals surface area (Å²) in [6.45, 7) is 2.51. The van der Waals surface area contributed by atoms with E-state index in [9.17, 15) is 9.59 Å². The van der Waals surface area contributed by atoms with Crippen LogP contribution in [0.5, 0.6) is 0 Å². The normalized spacial score (nSPS) is 23.6. The summed E-state index contributed by atoms with van der Waals surface area (Å²) in [4.78, 5) is 23.3. The van der Waals surface area contributed by atoms with Gasteiger partial charge in [-0.25, -0.2) is 0 Å². The molecular weight excluding hydrogens is 222 g/mol. The van der Waals surface area contributed by atoms with Crippen LogP contribution in [0.15, 0.2) is 22.8 Å². The lowest BCUT2D eigenvalue weighted by Crippen LogP contribution is -2.39. The fourth-order valence-electron chi connectivity index (χ4n) is 1.82. The van der Waals surface area contributed by atoms with Crippen molar-refractivity contribution in [2.75, 3.05) is 13.2 Å². The van der Waals surface area contributed by atoms with Crippen molar-refractivity contribution in [2.24, 2.45) is 5.92 Å². The number of rotatable bonds is 4. The van der Waals surface area contributed by atoms with Crippen molar-refractivity contribution >= 4 is 11.7 Å². The second-order valence-electron chi connectivity index (χ2n) is 4.18. The van der Waals surface area contributed by atoms with Crippen LogP contribution in [0.3, 0.4) is 0 Å².